The Morgan fingerprint density at radius 2 is 1.92 bits per heavy atom. The molecule has 7 nitrogen and oxygen atoms in total. The van der Waals surface area contributed by atoms with Gasteiger partial charge in [-0.25, -0.2) is 9.97 Å². The van der Waals surface area contributed by atoms with Crippen LogP contribution in [0.1, 0.15) is 38.3 Å². The number of nitrogens with one attached hydrogen (secondary N) is 1. The molecule has 7 heteroatoms. The average Bonchev–Trinajstić information content (AvgIpc) is 3.14. The van der Waals surface area contributed by atoms with Crippen LogP contribution in [0.3, 0.4) is 0 Å². The lowest BCUT2D eigenvalue weighted by Gasteiger charge is -2.38. The largest absolute Gasteiger partial charge is 0.352 e. The summed E-state index contributed by atoms with van der Waals surface area (Å²) >= 11 is 0. The van der Waals surface area contributed by atoms with Crippen LogP contribution in [0, 0.1) is 11.3 Å². The molecule has 1 aromatic rings. The number of carbonyl (C=O) groups excluding carboxylic acids is 1. The van der Waals surface area contributed by atoms with Gasteiger partial charge in [0.1, 0.15) is 6.07 Å². The maximum absolute atomic E-state index is 12.4. The molecule has 0 aromatic carbocycles. The molecule has 1 aromatic heterocycles. The van der Waals surface area contributed by atoms with Crippen LogP contribution in [-0.4, -0.2) is 59.0 Å². The third kappa shape index (κ3) is 3.65. The van der Waals surface area contributed by atoms with Crippen molar-refractivity contribution in [3.05, 3.63) is 18.1 Å². The third-order valence-electron chi connectivity index (χ3n) is 5.03. The van der Waals surface area contributed by atoms with Crippen LogP contribution < -0.4 is 10.2 Å². The van der Waals surface area contributed by atoms with Gasteiger partial charge in [-0.05, 0) is 19.8 Å². The van der Waals surface area contributed by atoms with E-state index in [9.17, 15) is 4.79 Å². The van der Waals surface area contributed by atoms with Gasteiger partial charge in [-0.2, -0.15) is 5.26 Å². The molecule has 1 aliphatic heterocycles. The molecule has 1 atom stereocenters. The number of rotatable bonds is 4. The SMILES string of the molecule is C[C@H](C(=O)NC1CCCC1)N1CCN(c2nccnc2C#N)CC1. The van der Waals surface area contributed by atoms with Crippen LogP contribution in [-0.2, 0) is 4.79 Å². The van der Waals surface area contributed by atoms with E-state index in [4.69, 9.17) is 5.26 Å². The van der Waals surface area contributed by atoms with Gasteiger partial charge in [0, 0.05) is 44.6 Å². The predicted octanol–water partition coefficient (Wildman–Crippen LogP) is 0.918. The Morgan fingerprint density at radius 1 is 1.25 bits per heavy atom. The van der Waals surface area contributed by atoms with Crippen molar-refractivity contribution in [2.24, 2.45) is 0 Å². The number of piperazine rings is 1. The van der Waals surface area contributed by atoms with Crippen molar-refractivity contribution in [3.63, 3.8) is 0 Å². The van der Waals surface area contributed by atoms with Crippen LogP contribution in [0.2, 0.25) is 0 Å². The van der Waals surface area contributed by atoms with Gasteiger partial charge in [0.05, 0.1) is 6.04 Å². The molecular weight excluding hydrogens is 304 g/mol. The summed E-state index contributed by atoms with van der Waals surface area (Å²) in [7, 11) is 0. The van der Waals surface area contributed by atoms with Crippen molar-refractivity contribution in [1.29, 1.82) is 5.26 Å². The molecule has 2 heterocycles. The van der Waals surface area contributed by atoms with Crippen LogP contribution >= 0.6 is 0 Å². The Bertz CT molecular complexity index is 614. The van der Waals surface area contributed by atoms with Crippen molar-refractivity contribution in [2.45, 2.75) is 44.7 Å². The van der Waals surface area contributed by atoms with Crippen molar-refractivity contribution >= 4 is 11.7 Å². The Kier molecular flexibility index (Phi) is 5.26. The first-order valence-corrected chi connectivity index (χ1v) is 8.69. The lowest BCUT2D eigenvalue weighted by Crippen LogP contribution is -2.55. The number of amides is 1. The quantitative estimate of drug-likeness (QED) is 0.884. The third-order valence-corrected chi connectivity index (χ3v) is 5.03. The highest BCUT2D eigenvalue weighted by molar-refractivity contribution is 5.81. The molecule has 1 saturated carbocycles. The number of aromatic nitrogens is 2. The molecule has 2 fully saturated rings. The minimum Gasteiger partial charge on any atom is -0.352 e. The second kappa shape index (κ2) is 7.58. The van der Waals surface area contributed by atoms with E-state index in [0.717, 1.165) is 39.0 Å². The normalized spacial score (nSPS) is 20.6. The van der Waals surface area contributed by atoms with Gasteiger partial charge in [0.15, 0.2) is 11.5 Å². The van der Waals surface area contributed by atoms with Crippen LogP contribution in [0.5, 0.6) is 0 Å². The van der Waals surface area contributed by atoms with Crippen molar-refractivity contribution in [3.8, 4) is 6.07 Å². The molecule has 128 valence electrons. The number of hydrogen-bond donors (Lipinski definition) is 1. The fourth-order valence-electron chi connectivity index (χ4n) is 3.52. The van der Waals surface area contributed by atoms with Crippen LogP contribution in [0.4, 0.5) is 5.82 Å². The molecule has 3 rings (SSSR count). The molecule has 1 amide bonds. The molecule has 0 radical (unpaired) electrons. The minimum atomic E-state index is -0.120. The number of carbonyl (C=O) groups is 1. The molecule has 24 heavy (non-hydrogen) atoms. The monoisotopic (exact) mass is 328 g/mol. The summed E-state index contributed by atoms with van der Waals surface area (Å²) < 4.78 is 0. The van der Waals surface area contributed by atoms with E-state index in [1.54, 1.807) is 6.20 Å². The second-order valence-corrected chi connectivity index (χ2v) is 6.53. The summed E-state index contributed by atoms with van der Waals surface area (Å²) in [5.74, 6) is 0.773. The summed E-state index contributed by atoms with van der Waals surface area (Å²) in [6.45, 7) is 5.02. The Hall–Kier alpha value is -2.20. The van der Waals surface area contributed by atoms with Crippen molar-refractivity contribution in [2.75, 3.05) is 31.1 Å². The minimum absolute atomic E-state index is 0.120. The van der Waals surface area contributed by atoms with E-state index in [0.29, 0.717) is 17.6 Å². The van der Waals surface area contributed by atoms with Crippen molar-refractivity contribution < 1.29 is 4.79 Å². The average molecular weight is 328 g/mol. The Morgan fingerprint density at radius 3 is 2.58 bits per heavy atom. The number of anilines is 1. The summed E-state index contributed by atoms with van der Waals surface area (Å²) in [6.07, 6.45) is 7.80. The summed E-state index contributed by atoms with van der Waals surface area (Å²) in [5.41, 5.74) is 0.359. The van der Waals surface area contributed by atoms with Gasteiger partial charge >= 0.3 is 0 Å². The zero-order valence-corrected chi connectivity index (χ0v) is 14.1. The molecule has 1 saturated heterocycles. The molecule has 0 unspecified atom stereocenters. The fourth-order valence-corrected chi connectivity index (χ4v) is 3.52. The lowest BCUT2D eigenvalue weighted by molar-refractivity contribution is -0.126. The van der Waals surface area contributed by atoms with E-state index < -0.39 is 0 Å². The van der Waals surface area contributed by atoms with Gasteiger partial charge in [-0.15, -0.1) is 0 Å². The molecular formula is C17H24N6O. The second-order valence-electron chi connectivity index (χ2n) is 6.53. The van der Waals surface area contributed by atoms with E-state index in [1.807, 2.05) is 6.92 Å². The number of nitrogens with zero attached hydrogens (tertiary/aromatic N) is 5. The first-order valence-electron chi connectivity index (χ1n) is 8.69. The topological polar surface area (TPSA) is 85.2 Å². The maximum Gasteiger partial charge on any atom is 0.237 e. The molecule has 2 aliphatic rings. The van der Waals surface area contributed by atoms with E-state index >= 15 is 0 Å². The highest BCUT2D eigenvalue weighted by Crippen LogP contribution is 2.19. The molecule has 0 bridgehead atoms. The number of nitriles is 1. The first kappa shape index (κ1) is 16.7. The maximum atomic E-state index is 12.4. The van der Waals surface area contributed by atoms with E-state index in [2.05, 4.69) is 31.2 Å². The highest BCUT2D eigenvalue weighted by Gasteiger charge is 2.28. The zero-order valence-electron chi connectivity index (χ0n) is 14.1. The molecule has 1 N–H and O–H groups in total. The lowest BCUT2D eigenvalue weighted by atomic mass is 10.2. The Balaban J connectivity index is 1.54. The fraction of sp³-hybridized carbons (Fsp3) is 0.647. The summed E-state index contributed by atoms with van der Waals surface area (Å²) in [4.78, 5) is 25.0. The summed E-state index contributed by atoms with van der Waals surface area (Å²) in [5, 5.41) is 12.3. The van der Waals surface area contributed by atoms with Gasteiger partial charge in [-0.1, -0.05) is 12.8 Å². The molecule has 0 spiro atoms. The van der Waals surface area contributed by atoms with Crippen LogP contribution in [0.15, 0.2) is 12.4 Å². The highest BCUT2D eigenvalue weighted by atomic mass is 16.2. The van der Waals surface area contributed by atoms with Gasteiger partial charge in [-0.3, -0.25) is 9.69 Å². The van der Waals surface area contributed by atoms with Gasteiger partial charge < -0.3 is 10.2 Å². The van der Waals surface area contributed by atoms with Crippen LogP contribution in [0.25, 0.3) is 0 Å². The Labute approximate surface area is 142 Å². The first-order chi connectivity index (χ1) is 11.7. The number of hydrogen-bond acceptors (Lipinski definition) is 6. The zero-order chi connectivity index (χ0) is 16.9. The van der Waals surface area contributed by atoms with Gasteiger partial charge in [0.25, 0.3) is 0 Å². The predicted molar refractivity (Wildman–Crippen MR) is 90.4 cm³/mol. The van der Waals surface area contributed by atoms with Gasteiger partial charge in [0.2, 0.25) is 5.91 Å². The molecule has 1 aliphatic carbocycles. The standard InChI is InChI=1S/C17H24N6O/c1-13(17(24)21-14-4-2-3-5-14)22-8-10-23(11-9-22)16-15(12-18)19-6-7-20-16/h6-7,13-14H,2-5,8-11H2,1H3,(H,21,24)/t13-/m1/s1. The van der Waals surface area contributed by atoms with E-state index in [1.165, 1.54) is 19.0 Å². The summed E-state index contributed by atoms with van der Waals surface area (Å²) in [6, 6.07) is 2.33. The van der Waals surface area contributed by atoms with Crippen molar-refractivity contribution in [1.82, 2.24) is 20.2 Å². The van der Waals surface area contributed by atoms with E-state index in [-0.39, 0.29) is 11.9 Å². The smallest absolute Gasteiger partial charge is 0.237 e.